The lowest BCUT2D eigenvalue weighted by Crippen LogP contribution is -2.24. The van der Waals surface area contributed by atoms with Crippen molar-refractivity contribution in [2.75, 3.05) is 5.32 Å². The highest BCUT2D eigenvalue weighted by molar-refractivity contribution is 6.31. The number of halogens is 1. The number of para-hydroxylation sites is 1. The van der Waals surface area contributed by atoms with Crippen molar-refractivity contribution in [2.45, 2.75) is 13.5 Å². The summed E-state index contributed by atoms with van der Waals surface area (Å²) in [6.07, 6.45) is 0. The molecular formula is C22H19ClN2O2. The Morgan fingerprint density at radius 1 is 0.889 bits per heavy atom. The third kappa shape index (κ3) is 4.96. The normalized spacial score (nSPS) is 10.3. The van der Waals surface area contributed by atoms with Gasteiger partial charge in [-0.25, -0.2) is 0 Å². The van der Waals surface area contributed by atoms with E-state index in [2.05, 4.69) is 10.6 Å². The van der Waals surface area contributed by atoms with Crippen LogP contribution in [0.15, 0.2) is 72.8 Å². The van der Waals surface area contributed by atoms with Crippen molar-refractivity contribution >= 4 is 29.1 Å². The maximum absolute atomic E-state index is 12.6. The highest BCUT2D eigenvalue weighted by atomic mass is 35.5. The van der Waals surface area contributed by atoms with E-state index < -0.39 is 0 Å². The number of nitrogens with one attached hydrogen (secondary N) is 2. The molecule has 0 saturated carbocycles. The van der Waals surface area contributed by atoms with Gasteiger partial charge in [0.1, 0.15) is 0 Å². The summed E-state index contributed by atoms with van der Waals surface area (Å²) in [4.78, 5) is 25.0. The Bertz CT molecular complexity index is 968. The Morgan fingerprint density at radius 3 is 2.37 bits per heavy atom. The second-order valence-electron chi connectivity index (χ2n) is 6.18. The predicted molar refractivity (Wildman–Crippen MR) is 108 cm³/mol. The first-order valence-corrected chi connectivity index (χ1v) is 8.90. The van der Waals surface area contributed by atoms with Gasteiger partial charge in [-0.05, 0) is 42.8 Å². The minimum absolute atomic E-state index is 0.252. The van der Waals surface area contributed by atoms with E-state index in [1.807, 2.05) is 31.2 Å². The van der Waals surface area contributed by atoms with E-state index in [9.17, 15) is 9.59 Å². The van der Waals surface area contributed by atoms with E-state index in [1.54, 1.807) is 48.5 Å². The van der Waals surface area contributed by atoms with Crippen LogP contribution in [-0.4, -0.2) is 11.8 Å². The molecule has 2 amide bonds. The fourth-order valence-corrected chi connectivity index (χ4v) is 2.79. The first-order valence-electron chi connectivity index (χ1n) is 8.52. The smallest absolute Gasteiger partial charge is 0.255 e. The standard InChI is InChI=1S/C22H19ClN2O2/c1-15-9-11-16(12-10-15)14-24-22(27)19-7-2-3-8-20(19)25-21(26)17-5-4-6-18(23)13-17/h2-13H,14H2,1H3,(H,24,27)(H,25,26). The Balaban J connectivity index is 1.72. The number of rotatable bonds is 5. The molecule has 0 fully saturated rings. The Labute approximate surface area is 163 Å². The lowest BCUT2D eigenvalue weighted by molar-refractivity contribution is 0.0952. The number of benzene rings is 3. The van der Waals surface area contributed by atoms with Gasteiger partial charge >= 0.3 is 0 Å². The quantitative estimate of drug-likeness (QED) is 0.668. The summed E-state index contributed by atoms with van der Waals surface area (Å²) in [7, 11) is 0. The lowest BCUT2D eigenvalue weighted by atomic mass is 10.1. The summed E-state index contributed by atoms with van der Waals surface area (Å²) in [6, 6.07) is 21.5. The molecule has 0 radical (unpaired) electrons. The third-order valence-electron chi connectivity index (χ3n) is 4.08. The third-order valence-corrected chi connectivity index (χ3v) is 4.32. The zero-order valence-corrected chi connectivity index (χ0v) is 15.6. The molecule has 3 rings (SSSR count). The lowest BCUT2D eigenvalue weighted by Gasteiger charge is -2.12. The van der Waals surface area contributed by atoms with Crippen molar-refractivity contribution in [1.29, 1.82) is 0 Å². The van der Waals surface area contributed by atoms with Crippen LogP contribution in [0.25, 0.3) is 0 Å². The molecule has 0 unspecified atom stereocenters. The van der Waals surface area contributed by atoms with E-state index in [0.717, 1.165) is 5.56 Å². The van der Waals surface area contributed by atoms with Gasteiger partial charge < -0.3 is 10.6 Å². The number of carbonyl (C=O) groups is 2. The molecular weight excluding hydrogens is 360 g/mol. The zero-order valence-electron chi connectivity index (χ0n) is 14.8. The fraction of sp³-hybridized carbons (Fsp3) is 0.0909. The van der Waals surface area contributed by atoms with E-state index in [0.29, 0.717) is 28.4 Å². The van der Waals surface area contributed by atoms with Crippen LogP contribution in [0.5, 0.6) is 0 Å². The van der Waals surface area contributed by atoms with Crippen LogP contribution in [0.1, 0.15) is 31.8 Å². The summed E-state index contributed by atoms with van der Waals surface area (Å²) >= 11 is 5.94. The maximum Gasteiger partial charge on any atom is 0.255 e. The number of anilines is 1. The summed E-state index contributed by atoms with van der Waals surface area (Å²) < 4.78 is 0. The molecule has 0 spiro atoms. The van der Waals surface area contributed by atoms with Gasteiger partial charge in [0.05, 0.1) is 11.3 Å². The summed E-state index contributed by atoms with van der Waals surface area (Å²) in [5, 5.41) is 6.15. The Kier molecular flexibility index (Phi) is 5.89. The SMILES string of the molecule is Cc1ccc(CNC(=O)c2ccccc2NC(=O)c2cccc(Cl)c2)cc1. The summed E-state index contributed by atoms with van der Waals surface area (Å²) in [5.41, 5.74) is 3.45. The first-order chi connectivity index (χ1) is 13.0. The number of amides is 2. The monoisotopic (exact) mass is 378 g/mol. The minimum atomic E-state index is -0.323. The number of aryl methyl sites for hydroxylation is 1. The van der Waals surface area contributed by atoms with E-state index >= 15 is 0 Å². The molecule has 2 N–H and O–H groups in total. The second-order valence-corrected chi connectivity index (χ2v) is 6.61. The van der Waals surface area contributed by atoms with Crippen LogP contribution in [-0.2, 0) is 6.54 Å². The van der Waals surface area contributed by atoms with Gasteiger partial charge in [0, 0.05) is 17.1 Å². The van der Waals surface area contributed by atoms with Crippen LogP contribution in [0.2, 0.25) is 5.02 Å². The molecule has 5 heteroatoms. The second kappa shape index (κ2) is 8.52. The molecule has 3 aromatic rings. The largest absolute Gasteiger partial charge is 0.348 e. The van der Waals surface area contributed by atoms with Gasteiger partial charge in [-0.1, -0.05) is 59.6 Å². The van der Waals surface area contributed by atoms with Crippen LogP contribution in [0.4, 0.5) is 5.69 Å². The minimum Gasteiger partial charge on any atom is -0.348 e. The molecule has 4 nitrogen and oxygen atoms in total. The molecule has 3 aromatic carbocycles. The van der Waals surface area contributed by atoms with Crippen LogP contribution in [0, 0.1) is 6.92 Å². The van der Waals surface area contributed by atoms with E-state index in [4.69, 9.17) is 11.6 Å². The number of carbonyl (C=O) groups excluding carboxylic acids is 2. The average molecular weight is 379 g/mol. The van der Waals surface area contributed by atoms with Crippen molar-refractivity contribution < 1.29 is 9.59 Å². The van der Waals surface area contributed by atoms with Gasteiger partial charge in [-0.2, -0.15) is 0 Å². The molecule has 0 atom stereocenters. The number of hydrogen-bond acceptors (Lipinski definition) is 2. The summed E-state index contributed by atoms with van der Waals surface area (Å²) in [6.45, 7) is 2.43. The predicted octanol–water partition coefficient (Wildman–Crippen LogP) is 4.83. The van der Waals surface area contributed by atoms with Crippen molar-refractivity contribution in [3.63, 3.8) is 0 Å². The van der Waals surface area contributed by atoms with Crippen LogP contribution in [0.3, 0.4) is 0 Å². The number of hydrogen-bond donors (Lipinski definition) is 2. The highest BCUT2D eigenvalue weighted by Gasteiger charge is 2.14. The topological polar surface area (TPSA) is 58.2 Å². The van der Waals surface area contributed by atoms with Gasteiger partial charge in [-0.15, -0.1) is 0 Å². The van der Waals surface area contributed by atoms with E-state index in [-0.39, 0.29) is 11.8 Å². The molecule has 0 aromatic heterocycles. The molecule has 136 valence electrons. The molecule has 0 aliphatic rings. The molecule has 0 heterocycles. The van der Waals surface area contributed by atoms with Gasteiger partial charge in [0.25, 0.3) is 11.8 Å². The van der Waals surface area contributed by atoms with Crippen molar-refractivity contribution in [2.24, 2.45) is 0 Å². The van der Waals surface area contributed by atoms with Crippen molar-refractivity contribution in [3.8, 4) is 0 Å². The van der Waals surface area contributed by atoms with Gasteiger partial charge in [0.15, 0.2) is 0 Å². The Morgan fingerprint density at radius 2 is 1.63 bits per heavy atom. The van der Waals surface area contributed by atoms with Gasteiger partial charge in [-0.3, -0.25) is 9.59 Å². The molecule has 0 bridgehead atoms. The van der Waals surface area contributed by atoms with E-state index in [1.165, 1.54) is 5.56 Å². The maximum atomic E-state index is 12.6. The summed E-state index contributed by atoms with van der Waals surface area (Å²) in [5.74, 6) is -0.575. The zero-order chi connectivity index (χ0) is 19.2. The molecule has 0 aliphatic heterocycles. The molecule has 27 heavy (non-hydrogen) atoms. The van der Waals surface area contributed by atoms with Crippen molar-refractivity contribution in [3.05, 3.63) is 100 Å². The average Bonchev–Trinajstić information content (AvgIpc) is 2.67. The molecule has 0 aliphatic carbocycles. The Hall–Kier alpha value is -3.11. The first kappa shape index (κ1) is 18.7. The van der Waals surface area contributed by atoms with Crippen LogP contribution < -0.4 is 10.6 Å². The van der Waals surface area contributed by atoms with Gasteiger partial charge in [0.2, 0.25) is 0 Å². The van der Waals surface area contributed by atoms with Crippen molar-refractivity contribution in [1.82, 2.24) is 5.32 Å². The fourth-order valence-electron chi connectivity index (χ4n) is 2.60. The molecule has 0 saturated heterocycles. The van der Waals surface area contributed by atoms with Crippen LogP contribution >= 0.6 is 11.6 Å². The highest BCUT2D eigenvalue weighted by Crippen LogP contribution is 2.18.